The Bertz CT molecular complexity index is 644. The molecule has 22 heavy (non-hydrogen) atoms. The lowest BCUT2D eigenvalue weighted by atomic mass is 10.2. The molecule has 8 heteroatoms. The van der Waals surface area contributed by atoms with E-state index in [1.165, 1.54) is 0 Å². The Morgan fingerprint density at radius 1 is 1.55 bits per heavy atom. The third-order valence-electron chi connectivity index (χ3n) is 3.26. The lowest BCUT2D eigenvalue weighted by Gasteiger charge is -2.23. The van der Waals surface area contributed by atoms with Gasteiger partial charge in [-0.15, -0.1) is 23.7 Å². The maximum Gasteiger partial charge on any atom is 0.222 e. The summed E-state index contributed by atoms with van der Waals surface area (Å²) in [5.74, 6) is 0.00953. The van der Waals surface area contributed by atoms with E-state index in [1.807, 2.05) is 18.2 Å². The van der Waals surface area contributed by atoms with Gasteiger partial charge in [0.05, 0.1) is 30.0 Å². The van der Waals surface area contributed by atoms with Crippen molar-refractivity contribution in [3.8, 4) is 0 Å². The normalized spacial score (nSPS) is 18.0. The zero-order valence-corrected chi connectivity index (χ0v) is 14.2. The van der Waals surface area contributed by atoms with E-state index in [0.717, 1.165) is 21.8 Å². The lowest BCUT2D eigenvalue weighted by Crippen LogP contribution is -2.44. The second-order valence-corrected chi connectivity index (χ2v) is 6.48. The van der Waals surface area contributed by atoms with Crippen LogP contribution in [-0.4, -0.2) is 36.7 Å². The highest BCUT2D eigenvalue weighted by molar-refractivity contribution is 7.18. The monoisotopic (exact) mass is 361 g/mol. The summed E-state index contributed by atoms with van der Waals surface area (Å²) in [7, 11) is 0. The van der Waals surface area contributed by atoms with Crippen LogP contribution in [0.4, 0.5) is 0 Å². The molecule has 2 N–H and O–H groups in total. The number of rotatable bonds is 4. The molecule has 0 aliphatic carbocycles. The molecule has 1 aliphatic rings. The van der Waals surface area contributed by atoms with Crippen LogP contribution in [0.1, 0.15) is 11.4 Å². The fraction of sp³-hybridized carbons (Fsp3) is 0.429. The largest absolute Gasteiger partial charge is 0.378 e. The first-order chi connectivity index (χ1) is 10.2. The van der Waals surface area contributed by atoms with Crippen LogP contribution < -0.4 is 10.6 Å². The fourth-order valence-electron chi connectivity index (χ4n) is 2.24. The first kappa shape index (κ1) is 17.4. The molecule has 1 aromatic carbocycles. The second-order valence-electron chi connectivity index (χ2n) is 4.93. The molecule has 1 atom stereocenters. The molecule has 0 saturated carbocycles. The maximum absolute atomic E-state index is 11.9. The number of hydrogen-bond acceptors (Lipinski definition) is 5. The number of halogens is 2. The van der Waals surface area contributed by atoms with Gasteiger partial charge in [-0.05, 0) is 18.2 Å². The topological polar surface area (TPSA) is 63.2 Å². The van der Waals surface area contributed by atoms with Crippen molar-refractivity contribution in [3.05, 3.63) is 28.2 Å². The number of aromatic nitrogens is 1. The van der Waals surface area contributed by atoms with E-state index in [2.05, 4.69) is 15.6 Å². The molecule has 1 unspecified atom stereocenters. The summed E-state index contributed by atoms with van der Waals surface area (Å²) in [6, 6.07) is 5.73. The highest BCUT2D eigenvalue weighted by Gasteiger charge is 2.16. The van der Waals surface area contributed by atoms with Crippen molar-refractivity contribution in [3.63, 3.8) is 0 Å². The van der Waals surface area contributed by atoms with E-state index in [9.17, 15) is 4.79 Å². The van der Waals surface area contributed by atoms with Crippen LogP contribution >= 0.6 is 35.3 Å². The molecule has 1 aliphatic heterocycles. The molecule has 1 saturated heterocycles. The first-order valence-corrected chi connectivity index (χ1v) is 8.03. The van der Waals surface area contributed by atoms with Gasteiger partial charge in [-0.3, -0.25) is 4.79 Å². The van der Waals surface area contributed by atoms with Crippen molar-refractivity contribution < 1.29 is 9.53 Å². The average Bonchev–Trinajstić information content (AvgIpc) is 2.88. The van der Waals surface area contributed by atoms with Gasteiger partial charge >= 0.3 is 0 Å². The van der Waals surface area contributed by atoms with Crippen LogP contribution in [0.25, 0.3) is 10.2 Å². The average molecular weight is 362 g/mol. The molecule has 5 nitrogen and oxygen atoms in total. The third kappa shape index (κ3) is 4.54. The van der Waals surface area contributed by atoms with Gasteiger partial charge in [-0.1, -0.05) is 11.6 Å². The highest BCUT2D eigenvalue weighted by atomic mass is 35.5. The molecular formula is C14H17Cl2N3O2S. The number of hydrogen-bond donors (Lipinski definition) is 2. The van der Waals surface area contributed by atoms with E-state index in [4.69, 9.17) is 16.3 Å². The first-order valence-electron chi connectivity index (χ1n) is 6.83. The number of nitrogens with zero attached hydrogens (tertiary/aromatic N) is 1. The molecule has 1 amide bonds. The number of amides is 1. The van der Waals surface area contributed by atoms with Crippen molar-refractivity contribution in [2.45, 2.75) is 19.0 Å². The molecular weight excluding hydrogens is 345 g/mol. The molecule has 2 aromatic rings. The predicted octanol–water partition coefficient (Wildman–Crippen LogP) is 2.37. The van der Waals surface area contributed by atoms with Gasteiger partial charge in [0.1, 0.15) is 5.01 Å². The van der Waals surface area contributed by atoms with Gasteiger partial charge in [0.15, 0.2) is 0 Å². The number of nitrogens with one attached hydrogen (secondary N) is 2. The van der Waals surface area contributed by atoms with Gasteiger partial charge < -0.3 is 15.4 Å². The van der Waals surface area contributed by atoms with Gasteiger partial charge in [0.25, 0.3) is 0 Å². The molecule has 2 heterocycles. The second kappa shape index (κ2) is 8.08. The number of fused-ring (bicyclic) bond motifs is 1. The van der Waals surface area contributed by atoms with Crippen molar-refractivity contribution in [1.82, 2.24) is 15.6 Å². The summed E-state index contributed by atoms with van der Waals surface area (Å²) in [4.78, 5) is 16.4. The minimum Gasteiger partial charge on any atom is -0.378 e. The number of thiazole rings is 1. The van der Waals surface area contributed by atoms with E-state index < -0.39 is 0 Å². The minimum absolute atomic E-state index is 0. The number of ether oxygens (including phenoxy) is 1. The summed E-state index contributed by atoms with van der Waals surface area (Å²) in [6.07, 6.45) is 0.427. The van der Waals surface area contributed by atoms with E-state index in [1.54, 1.807) is 11.3 Å². The van der Waals surface area contributed by atoms with Crippen molar-refractivity contribution in [1.29, 1.82) is 0 Å². The van der Waals surface area contributed by atoms with Gasteiger partial charge in [-0.25, -0.2) is 4.98 Å². The van der Waals surface area contributed by atoms with Crippen molar-refractivity contribution >= 4 is 51.5 Å². The van der Waals surface area contributed by atoms with Crippen LogP contribution in [0.3, 0.4) is 0 Å². The quantitative estimate of drug-likeness (QED) is 0.877. The molecule has 1 fully saturated rings. The zero-order chi connectivity index (χ0) is 14.7. The Morgan fingerprint density at radius 2 is 2.41 bits per heavy atom. The predicted molar refractivity (Wildman–Crippen MR) is 91.0 cm³/mol. The smallest absolute Gasteiger partial charge is 0.222 e. The summed E-state index contributed by atoms with van der Waals surface area (Å²) in [5, 5.41) is 7.72. The fourth-order valence-corrected chi connectivity index (χ4v) is 3.30. The summed E-state index contributed by atoms with van der Waals surface area (Å²) >= 11 is 7.51. The van der Waals surface area contributed by atoms with Crippen LogP contribution in [0.5, 0.6) is 0 Å². The number of morpholine rings is 1. The van der Waals surface area contributed by atoms with E-state index in [0.29, 0.717) is 31.2 Å². The summed E-state index contributed by atoms with van der Waals surface area (Å²) in [5.41, 5.74) is 0.874. The Kier molecular flexibility index (Phi) is 6.40. The van der Waals surface area contributed by atoms with Gasteiger partial charge in [0, 0.05) is 24.0 Å². The SMILES string of the molecule is Cl.O=C(CC1COCCN1)NCc1nc2cc(Cl)ccc2s1. The Labute approximate surface area is 143 Å². The van der Waals surface area contributed by atoms with Crippen molar-refractivity contribution in [2.24, 2.45) is 0 Å². The Balaban J connectivity index is 0.00000176. The standard InChI is InChI=1S/C14H16ClN3O2S.ClH/c15-9-1-2-12-11(5-9)18-14(21-12)7-17-13(19)6-10-8-20-4-3-16-10;/h1-2,5,10,16H,3-4,6-8H2,(H,17,19);1H. The number of carbonyl (C=O) groups is 1. The number of benzene rings is 1. The van der Waals surface area contributed by atoms with Crippen LogP contribution in [0.15, 0.2) is 18.2 Å². The van der Waals surface area contributed by atoms with Gasteiger partial charge in [-0.2, -0.15) is 0 Å². The van der Waals surface area contributed by atoms with Crippen LogP contribution in [0, 0.1) is 0 Å². The molecule has 120 valence electrons. The highest BCUT2D eigenvalue weighted by Crippen LogP contribution is 2.24. The molecule has 0 bridgehead atoms. The molecule has 0 spiro atoms. The molecule has 0 radical (unpaired) electrons. The van der Waals surface area contributed by atoms with E-state index >= 15 is 0 Å². The lowest BCUT2D eigenvalue weighted by molar-refractivity contribution is -0.122. The summed E-state index contributed by atoms with van der Waals surface area (Å²) in [6.45, 7) is 2.55. The maximum atomic E-state index is 11.9. The van der Waals surface area contributed by atoms with Gasteiger partial charge in [0.2, 0.25) is 5.91 Å². The Hall–Kier alpha value is -0.920. The minimum atomic E-state index is 0. The molecule has 1 aromatic heterocycles. The molecule has 3 rings (SSSR count). The van der Waals surface area contributed by atoms with Crippen molar-refractivity contribution in [2.75, 3.05) is 19.8 Å². The van der Waals surface area contributed by atoms with Crippen LogP contribution in [0.2, 0.25) is 5.02 Å². The van der Waals surface area contributed by atoms with Crippen LogP contribution in [-0.2, 0) is 16.1 Å². The zero-order valence-electron chi connectivity index (χ0n) is 11.8. The summed E-state index contributed by atoms with van der Waals surface area (Å²) < 4.78 is 6.41. The number of carbonyl (C=O) groups excluding carboxylic acids is 1. The van der Waals surface area contributed by atoms with E-state index in [-0.39, 0.29) is 24.4 Å². The Morgan fingerprint density at radius 3 is 3.18 bits per heavy atom. The third-order valence-corrected chi connectivity index (χ3v) is 4.53.